The molecule has 0 saturated heterocycles. The molecule has 0 aromatic heterocycles. The summed E-state index contributed by atoms with van der Waals surface area (Å²) >= 11 is 0. The molecule has 1 fully saturated rings. The van der Waals surface area contributed by atoms with Crippen molar-refractivity contribution in [3.63, 3.8) is 0 Å². The monoisotopic (exact) mass is 322 g/mol. The minimum atomic E-state index is -1.09. The molecule has 2 aliphatic rings. The minimum absolute atomic E-state index is 0.123. The van der Waals surface area contributed by atoms with Crippen molar-refractivity contribution in [2.45, 2.75) is 71.1 Å². The number of rotatable bonds is 10. The number of carbonyl (C=O) groups excluding carboxylic acids is 1. The number of esters is 1. The zero-order valence-corrected chi connectivity index (χ0v) is 13.9. The van der Waals surface area contributed by atoms with Crippen LogP contribution in [0.15, 0.2) is 22.5 Å². The van der Waals surface area contributed by atoms with E-state index >= 15 is 0 Å². The van der Waals surface area contributed by atoms with Crippen molar-refractivity contribution in [1.29, 1.82) is 0 Å². The number of fused-ring (bicyclic) bond motifs is 2. The van der Waals surface area contributed by atoms with Gasteiger partial charge in [0.1, 0.15) is 6.10 Å². The van der Waals surface area contributed by atoms with E-state index in [-0.39, 0.29) is 29.8 Å². The molecule has 0 spiro atoms. The minimum Gasteiger partial charge on any atom is -0.462 e. The molecule has 6 nitrogen and oxygen atoms in total. The molecular formula is C17H26N2O4. The average molecular weight is 322 g/mol. The standard InChI is InChI=1S/C17H26N2O4/c1-12(2)14(3-4-15(18-21)19-22)23-16(20)7-10-17-8-5-13(11-17)6-9-17/h5,8,12-15H,3-4,6-7,9-11H2,1-2H3/t13?,14?,17-/m0/s1. The number of carbonyl (C=O) groups is 1. The van der Waals surface area contributed by atoms with Crippen molar-refractivity contribution < 1.29 is 9.53 Å². The number of nitrogens with zero attached hydrogens (tertiary/aromatic N) is 2. The summed E-state index contributed by atoms with van der Waals surface area (Å²) in [4.78, 5) is 33.0. The lowest BCUT2D eigenvalue weighted by atomic mass is 9.83. The summed E-state index contributed by atoms with van der Waals surface area (Å²) in [5.74, 6) is 0.632. The van der Waals surface area contributed by atoms with E-state index in [4.69, 9.17) is 4.74 Å². The van der Waals surface area contributed by atoms with E-state index in [1.165, 1.54) is 19.3 Å². The third kappa shape index (κ3) is 4.69. The van der Waals surface area contributed by atoms with Crippen LogP contribution in [0.4, 0.5) is 0 Å². The normalized spacial score (nSPS) is 26.7. The third-order valence-electron chi connectivity index (χ3n) is 5.21. The van der Waals surface area contributed by atoms with Crippen LogP contribution in [-0.4, -0.2) is 18.2 Å². The lowest BCUT2D eigenvalue weighted by molar-refractivity contribution is -0.152. The predicted octanol–water partition coefficient (Wildman–Crippen LogP) is 4.33. The van der Waals surface area contributed by atoms with Crippen LogP contribution < -0.4 is 0 Å². The second-order valence-corrected chi connectivity index (χ2v) is 7.27. The van der Waals surface area contributed by atoms with E-state index in [2.05, 4.69) is 22.5 Å². The van der Waals surface area contributed by atoms with Gasteiger partial charge in [-0.15, -0.1) is 9.81 Å². The van der Waals surface area contributed by atoms with Crippen molar-refractivity contribution in [2.75, 3.05) is 0 Å². The van der Waals surface area contributed by atoms with Gasteiger partial charge in [0.2, 0.25) is 6.17 Å². The van der Waals surface area contributed by atoms with E-state index in [0.717, 1.165) is 6.42 Å². The highest BCUT2D eigenvalue weighted by Crippen LogP contribution is 2.51. The first kappa shape index (κ1) is 17.8. The largest absolute Gasteiger partial charge is 0.462 e. The molecule has 2 unspecified atom stereocenters. The number of hydrogen-bond donors (Lipinski definition) is 0. The van der Waals surface area contributed by atoms with Crippen molar-refractivity contribution in [1.82, 2.24) is 0 Å². The fraction of sp³-hybridized carbons (Fsp3) is 0.824. The van der Waals surface area contributed by atoms with Crippen molar-refractivity contribution in [3.05, 3.63) is 22.0 Å². The molecule has 2 bridgehead atoms. The molecule has 0 aliphatic heterocycles. The summed E-state index contributed by atoms with van der Waals surface area (Å²) in [6.45, 7) is 3.91. The Balaban J connectivity index is 1.77. The second kappa shape index (κ2) is 7.79. The molecule has 23 heavy (non-hydrogen) atoms. The van der Waals surface area contributed by atoms with Gasteiger partial charge in [0, 0.05) is 12.8 Å². The van der Waals surface area contributed by atoms with Crippen LogP contribution in [0, 0.1) is 27.1 Å². The SMILES string of the molecule is CC(C)C(CCC(N=O)N=O)OC(=O)CC[C@]12C=CC(CC1)C2. The van der Waals surface area contributed by atoms with E-state index in [1.54, 1.807) is 0 Å². The van der Waals surface area contributed by atoms with Crippen LogP contribution in [0.5, 0.6) is 0 Å². The lowest BCUT2D eigenvalue weighted by Gasteiger charge is -2.25. The van der Waals surface area contributed by atoms with Crippen molar-refractivity contribution in [3.8, 4) is 0 Å². The van der Waals surface area contributed by atoms with Gasteiger partial charge in [-0.1, -0.05) is 26.0 Å². The van der Waals surface area contributed by atoms with Gasteiger partial charge in [-0.25, -0.2) is 0 Å². The molecule has 0 aromatic carbocycles. The van der Waals surface area contributed by atoms with E-state index < -0.39 is 6.17 Å². The number of ether oxygens (including phenoxy) is 1. The van der Waals surface area contributed by atoms with E-state index in [9.17, 15) is 14.6 Å². The van der Waals surface area contributed by atoms with E-state index in [1.807, 2.05) is 13.8 Å². The smallest absolute Gasteiger partial charge is 0.306 e. The Hall–Kier alpha value is -1.59. The Kier molecular flexibility index (Phi) is 6.02. The first-order valence-electron chi connectivity index (χ1n) is 8.52. The van der Waals surface area contributed by atoms with Crippen LogP contribution >= 0.6 is 0 Å². The molecule has 0 N–H and O–H groups in total. The molecule has 3 atom stereocenters. The quantitative estimate of drug-likeness (QED) is 0.340. The maximum absolute atomic E-state index is 12.2. The van der Waals surface area contributed by atoms with Crippen LogP contribution in [0.3, 0.4) is 0 Å². The fourth-order valence-corrected chi connectivity index (χ4v) is 3.71. The second-order valence-electron chi connectivity index (χ2n) is 7.27. The summed E-state index contributed by atoms with van der Waals surface area (Å²) in [5, 5.41) is 5.31. The van der Waals surface area contributed by atoms with Gasteiger partial charge < -0.3 is 4.74 Å². The Labute approximate surface area is 137 Å². The lowest BCUT2D eigenvalue weighted by Crippen LogP contribution is -2.25. The third-order valence-corrected chi connectivity index (χ3v) is 5.21. The van der Waals surface area contributed by atoms with Gasteiger partial charge in [0.15, 0.2) is 0 Å². The van der Waals surface area contributed by atoms with Crippen molar-refractivity contribution in [2.24, 2.45) is 27.6 Å². The number of allylic oxidation sites excluding steroid dienone is 2. The molecular weight excluding hydrogens is 296 g/mol. The maximum Gasteiger partial charge on any atom is 0.306 e. The highest BCUT2D eigenvalue weighted by Gasteiger charge is 2.40. The van der Waals surface area contributed by atoms with Crippen LogP contribution in [0.1, 0.15) is 58.8 Å². The molecule has 2 rings (SSSR count). The summed E-state index contributed by atoms with van der Waals surface area (Å²) in [6.07, 6.45) is 8.66. The summed E-state index contributed by atoms with van der Waals surface area (Å²) in [7, 11) is 0. The Bertz CT molecular complexity index is 469. The molecule has 0 radical (unpaired) electrons. The Morgan fingerprint density at radius 2 is 2.04 bits per heavy atom. The van der Waals surface area contributed by atoms with Gasteiger partial charge in [-0.2, -0.15) is 0 Å². The van der Waals surface area contributed by atoms with Gasteiger partial charge in [-0.05, 0) is 59.7 Å². The van der Waals surface area contributed by atoms with Gasteiger partial charge >= 0.3 is 5.97 Å². The van der Waals surface area contributed by atoms with Crippen LogP contribution in [-0.2, 0) is 9.53 Å². The highest BCUT2D eigenvalue weighted by atomic mass is 16.5. The molecule has 6 heteroatoms. The van der Waals surface area contributed by atoms with Crippen molar-refractivity contribution >= 4 is 5.97 Å². The maximum atomic E-state index is 12.2. The first-order valence-corrected chi connectivity index (χ1v) is 8.52. The Morgan fingerprint density at radius 3 is 2.52 bits per heavy atom. The first-order chi connectivity index (χ1) is 11.0. The molecule has 0 aromatic rings. The predicted molar refractivity (Wildman–Crippen MR) is 87.5 cm³/mol. The Morgan fingerprint density at radius 1 is 1.30 bits per heavy atom. The summed E-state index contributed by atoms with van der Waals surface area (Å²) < 4.78 is 5.56. The molecule has 128 valence electrons. The summed E-state index contributed by atoms with van der Waals surface area (Å²) in [6, 6.07) is 0. The molecule has 0 heterocycles. The van der Waals surface area contributed by atoms with E-state index in [0.29, 0.717) is 18.8 Å². The zero-order chi connectivity index (χ0) is 16.9. The van der Waals surface area contributed by atoms with Gasteiger partial charge in [0.05, 0.1) is 0 Å². The number of nitroso groups, excluding NO2 is 2. The topological polar surface area (TPSA) is 85.2 Å². The van der Waals surface area contributed by atoms with Gasteiger partial charge in [-0.3, -0.25) is 4.79 Å². The molecule has 1 saturated carbocycles. The highest BCUT2D eigenvalue weighted by molar-refractivity contribution is 5.69. The molecule has 2 aliphatic carbocycles. The van der Waals surface area contributed by atoms with Gasteiger partial charge in [0.25, 0.3) is 0 Å². The molecule has 0 amide bonds. The fourth-order valence-electron chi connectivity index (χ4n) is 3.71. The average Bonchev–Trinajstić information content (AvgIpc) is 3.14. The number of hydrogen-bond acceptors (Lipinski definition) is 6. The summed E-state index contributed by atoms with van der Waals surface area (Å²) in [5.41, 5.74) is 0.213. The van der Waals surface area contributed by atoms with Crippen LogP contribution in [0.2, 0.25) is 0 Å². The zero-order valence-electron chi connectivity index (χ0n) is 13.9. The van der Waals surface area contributed by atoms with Crippen LogP contribution in [0.25, 0.3) is 0 Å².